The minimum absolute atomic E-state index is 0.00590. The number of aromatic nitrogens is 1. The van der Waals surface area contributed by atoms with Crippen LogP contribution in [0, 0.1) is 0 Å². The maximum absolute atomic E-state index is 14.7. The van der Waals surface area contributed by atoms with Crippen LogP contribution >= 0.6 is 11.3 Å². The molecular weight excluding hydrogens is 765 g/mol. The van der Waals surface area contributed by atoms with E-state index in [1.54, 1.807) is 57.2 Å². The summed E-state index contributed by atoms with van der Waals surface area (Å²) in [6.45, 7) is 14.8. The fraction of sp³-hybridized carbons (Fsp3) is 0.381. The van der Waals surface area contributed by atoms with Crippen LogP contribution in [0.25, 0.3) is 21.6 Å². The second kappa shape index (κ2) is 18.2. The van der Waals surface area contributed by atoms with Gasteiger partial charge in [0.05, 0.1) is 31.6 Å². The standard InChI is InChI=1S/C42H50N4O9SSi/c1-9-16-43-38(48)33-13-11-27(35(45-33)40(50)52-5)28-23-34-31(36-26(14-17-53-34)15-19-56-36)22-29(28)37(47)46-32-12-10-25(24-44-41(51)55-42(2,3)4)21-30(32)39(49)54-18-20-57(6,7)8/h10-13,15,19,21-23H,9,14,16-18,20,24H2,1-8H3,(H,43,48)(H,44,51)(H,46,47). The first-order chi connectivity index (χ1) is 27.0. The maximum Gasteiger partial charge on any atom is 0.407 e. The fourth-order valence-corrected chi connectivity index (χ4v) is 7.59. The molecule has 1 aliphatic heterocycles. The van der Waals surface area contributed by atoms with Gasteiger partial charge in [-0.2, -0.15) is 0 Å². The van der Waals surface area contributed by atoms with Crippen molar-refractivity contribution in [3.05, 3.63) is 87.6 Å². The summed E-state index contributed by atoms with van der Waals surface area (Å²) >= 11 is 1.52. The SMILES string of the molecule is CCCNC(=O)c1ccc(-c2cc3c(cc2C(=O)Nc2ccc(CNC(=O)OC(C)(C)C)cc2C(=O)OCC[Si](C)(C)C)-c2sccc2CCO3)c(C(=O)OC)n1. The molecule has 5 rings (SSSR count). The van der Waals surface area contributed by atoms with Gasteiger partial charge in [0.15, 0.2) is 5.69 Å². The van der Waals surface area contributed by atoms with Crippen molar-refractivity contribution in [2.24, 2.45) is 0 Å². The summed E-state index contributed by atoms with van der Waals surface area (Å²) in [5, 5.41) is 10.4. The molecule has 2 aromatic carbocycles. The number of anilines is 1. The van der Waals surface area contributed by atoms with E-state index < -0.39 is 43.5 Å². The average molecular weight is 815 g/mol. The van der Waals surface area contributed by atoms with E-state index >= 15 is 0 Å². The number of methoxy groups -OCH3 is 1. The number of hydrogen-bond acceptors (Lipinski definition) is 11. The fourth-order valence-electron chi connectivity index (χ4n) is 5.90. The molecule has 0 bridgehead atoms. The Balaban J connectivity index is 1.60. The summed E-state index contributed by atoms with van der Waals surface area (Å²) in [5.41, 5.74) is 2.37. The molecule has 3 amide bonds. The summed E-state index contributed by atoms with van der Waals surface area (Å²) in [7, 11) is -0.340. The first-order valence-corrected chi connectivity index (χ1v) is 23.4. The van der Waals surface area contributed by atoms with Crippen LogP contribution in [0.3, 0.4) is 0 Å². The van der Waals surface area contributed by atoms with Crippen LogP contribution in [0.4, 0.5) is 10.5 Å². The zero-order valence-corrected chi connectivity index (χ0v) is 35.5. The van der Waals surface area contributed by atoms with Gasteiger partial charge in [-0.3, -0.25) is 9.59 Å². The number of carbonyl (C=O) groups is 5. The molecule has 57 heavy (non-hydrogen) atoms. The van der Waals surface area contributed by atoms with Crippen LogP contribution in [0.5, 0.6) is 5.75 Å². The number of carbonyl (C=O) groups excluding carboxylic acids is 5. The lowest BCUT2D eigenvalue weighted by Crippen LogP contribution is -2.32. The van der Waals surface area contributed by atoms with Gasteiger partial charge in [0, 0.05) is 54.7 Å². The molecule has 0 saturated heterocycles. The number of nitrogens with zero attached hydrogens (tertiary/aromatic N) is 1. The molecule has 0 aliphatic carbocycles. The Morgan fingerprint density at radius 3 is 2.37 bits per heavy atom. The normalized spacial score (nSPS) is 12.2. The minimum Gasteiger partial charge on any atom is -0.493 e. The molecule has 3 N–H and O–H groups in total. The zero-order valence-electron chi connectivity index (χ0n) is 33.7. The van der Waals surface area contributed by atoms with Crippen molar-refractivity contribution in [3.8, 4) is 27.3 Å². The van der Waals surface area contributed by atoms with Gasteiger partial charge in [-0.05, 0) is 92.2 Å². The number of benzene rings is 2. The number of pyridine rings is 1. The molecule has 3 heterocycles. The first kappa shape index (κ1) is 42.6. The van der Waals surface area contributed by atoms with Crippen LogP contribution < -0.4 is 20.7 Å². The smallest absolute Gasteiger partial charge is 0.407 e. The molecule has 302 valence electrons. The van der Waals surface area contributed by atoms with E-state index in [9.17, 15) is 24.0 Å². The highest BCUT2D eigenvalue weighted by molar-refractivity contribution is 7.13. The maximum atomic E-state index is 14.7. The second-order valence-corrected chi connectivity index (χ2v) is 22.3. The Morgan fingerprint density at radius 2 is 1.67 bits per heavy atom. The van der Waals surface area contributed by atoms with Crippen molar-refractivity contribution in [1.82, 2.24) is 15.6 Å². The van der Waals surface area contributed by atoms with Gasteiger partial charge in [-0.15, -0.1) is 11.3 Å². The third-order valence-corrected chi connectivity index (χ3v) is 11.5. The topological polar surface area (TPSA) is 171 Å². The van der Waals surface area contributed by atoms with Crippen molar-refractivity contribution in [2.75, 3.05) is 32.2 Å². The number of amides is 3. The van der Waals surface area contributed by atoms with E-state index in [1.165, 1.54) is 24.5 Å². The molecule has 0 atom stereocenters. The number of alkyl carbamates (subject to hydrolysis) is 1. The van der Waals surface area contributed by atoms with Gasteiger partial charge < -0.3 is 34.9 Å². The Kier molecular flexibility index (Phi) is 13.6. The van der Waals surface area contributed by atoms with Crippen LogP contribution in [-0.4, -0.2) is 75.4 Å². The summed E-state index contributed by atoms with van der Waals surface area (Å²) in [4.78, 5) is 72.3. The number of rotatable bonds is 13. The molecule has 2 aromatic heterocycles. The van der Waals surface area contributed by atoms with E-state index in [-0.39, 0.29) is 52.5 Å². The van der Waals surface area contributed by atoms with E-state index in [0.29, 0.717) is 42.9 Å². The molecule has 15 heteroatoms. The zero-order chi connectivity index (χ0) is 41.5. The average Bonchev–Trinajstić information content (AvgIpc) is 3.55. The van der Waals surface area contributed by atoms with Crippen molar-refractivity contribution in [3.63, 3.8) is 0 Å². The lowest BCUT2D eigenvalue weighted by atomic mass is 9.93. The number of esters is 2. The number of nitrogens with one attached hydrogen (secondary N) is 3. The number of fused-ring (bicyclic) bond motifs is 3. The van der Waals surface area contributed by atoms with Gasteiger partial charge >= 0.3 is 18.0 Å². The lowest BCUT2D eigenvalue weighted by Gasteiger charge is -2.20. The van der Waals surface area contributed by atoms with E-state index in [0.717, 1.165) is 16.5 Å². The number of thiophene rings is 1. The summed E-state index contributed by atoms with van der Waals surface area (Å²) in [6.07, 6.45) is 0.735. The Labute approximate surface area is 337 Å². The largest absolute Gasteiger partial charge is 0.493 e. The molecule has 0 fully saturated rings. The lowest BCUT2D eigenvalue weighted by molar-refractivity contribution is 0.0517. The van der Waals surface area contributed by atoms with Gasteiger partial charge in [0.25, 0.3) is 11.8 Å². The molecule has 1 aliphatic rings. The van der Waals surface area contributed by atoms with Crippen molar-refractivity contribution in [2.45, 2.75) is 78.4 Å². The molecule has 0 unspecified atom stereocenters. The Morgan fingerprint density at radius 1 is 0.895 bits per heavy atom. The summed E-state index contributed by atoms with van der Waals surface area (Å²) < 4.78 is 22.4. The Hall–Kier alpha value is -5.54. The Bertz CT molecular complexity index is 2170. The third-order valence-electron chi connectivity index (χ3n) is 8.79. The summed E-state index contributed by atoms with van der Waals surface area (Å²) in [5.74, 6) is -2.02. The van der Waals surface area contributed by atoms with Gasteiger partial charge in [-0.25, -0.2) is 19.4 Å². The van der Waals surface area contributed by atoms with Crippen LogP contribution in [0.1, 0.15) is 86.9 Å². The summed E-state index contributed by atoms with van der Waals surface area (Å²) in [6, 6.07) is 14.0. The van der Waals surface area contributed by atoms with Gasteiger partial charge in [-0.1, -0.05) is 32.6 Å². The molecule has 4 aromatic rings. The molecule has 0 radical (unpaired) electrons. The van der Waals surface area contributed by atoms with Crippen molar-refractivity contribution in [1.29, 1.82) is 0 Å². The highest BCUT2D eigenvalue weighted by Gasteiger charge is 2.28. The van der Waals surface area contributed by atoms with E-state index in [4.69, 9.17) is 18.9 Å². The monoisotopic (exact) mass is 814 g/mol. The molecular formula is C42H50N4O9SSi. The predicted octanol–water partition coefficient (Wildman–Crippen LogP) is 8.11. The number of ether oxygens (including phenoxy) is 4. The molecule has 0 spiro atoms. The van der Waals surface area contributed by atoms with Crippen molar-refractivity contribution < 1.29 is 42.9 Å². The van der Waals surface area contributed by atoms with E-state index in [1.807, 2.05) is 18.4 Å². The third kappa shape index (κ3) is 11.1. The highest BCUT2D eigenvalue weighted by atomic mass is 32.1. The molecule has 0 saturated carbocycles. The van der Waals surface area contributed by atoms with E-state index in [2.05, 4.69) is 40.6 Å². The quantitative estimate of drug-likeness (QED) is 0.0681. The van der Waals surface area contributed by atoms with Gasteiger partial charge in [0.1, 0.15) is 17.0 Å². The van der Waals surface area contributed by atoms with Crippen molar-refractivity contribution >= 4 is 54.9 Å². The van der Waals surface area contributed by atoms with Crippen LogP contribution in [-0.2, 0) is 27.2 Å². The number of hydrogen-bond donors (Lipinski definition) is 3. The van der Waals surface area contributed by atoms with Crippen LogP contribution in [0.15, 0.2) is 53.9 Å². The molecule has 13 nitrogen and oxygen atoms in total. The highest BCUT2D eigenvalue weighted by Crippen LogP contribution is 2.43. The first-order valence-electron chi connectivity index (χ1n) is 18.8. The minimum atomic E-state index is -1.55. The predicted molar refractivity (Wildman–Crippen MR) is 222 cm³/mol. The van der Waals surface area contributed by atoms with Gasteiger partial charge in [0.2, 0.25) is 0 Å². The van der Waals surface area contributed by atoms with Crippen LogP contribution in [0.2, 0.25) is 25.7 Å². The second-order valence-electron chi connectivity index (χ2n) is 15.7.